The number of nitrogens with one attached hydrogen (secondary N) is 1. The van der Waals surface area contributed by atoms with Crippen LogP contribution in [0.25, 0.3) is 5.69 Å². The number of likely N-dealkylation sites (N-methyl/N-ethyl adjacent to an activating group) is 1. The SMILES string of the molecule is Cc1cccc(C)c1NC(=O)CN(C)C(=O)COC(=O)c1cnn(-c2ccccc2)c1C. The van der Waals surface area contributed by atoms with Gasteiger partial charge in [0.25, 0.3) is 5.91 Å². The molecule has 0 aliphatic rings. The minimum atomic E-state index is -0.647. The van der Waals surface area contributed by atoms with Crippen molar-refractivity contribution in [1.82, 2.24) is 14.7 Å². The Bertz CT molecular complexity index is 1120. The Kier molecular flexibility index (Phi) is 7.04. The van der Waals surface area contributed by atoms with Crippen molar-refractivity contribution in [2.75, 3.05) is 25.5 Å². The van der Waals surface area contributed by atoms with Crippen LogP contribution in [0.2, 0.25) is 0 Å². The van der Waals surface area contributed by atoms with Gasteiger partial charge in [0.15, 0.2) is 6.61 Å². The summed E-state index contributed by atoms with van der Waals surface area (Å²) in [7, 11) is 1.49. The Morgan fingerprint density at radius 3 is 2.31 bits per heavy atom. The second-order valence-electron chi connectivity index (χ2n) is 7.53. The molecule has 0 bridgehead atoms. The number of amides is 2. The lowest BCUT2D eigenvalue weighted by atomic mass is 10.1. The molecule has 3 aromatic rings. The second kappa shape index (κ2) is 9.91. The molecule has 1 N–H and O–H groups in total. The first-order valence-corrected chi connectivity index (χ1v) is 10.1. The van der Waals surface area contributed by atoms with Crippen LogP contribution in [-0.2, 0) is 14.3 Å². The number of carbonyl (C=O) groups is 3. The van der Waals surface area contributed by atoms with Crippen LogP contribution in [0.1, 0.15) is 27.2 Å². The van der Waals surface area contributed by atoms with E-state index in [2.05, 4.69) is 10.4 Å². The Hall–Kier alpha value is -3.94. The third-order valence-corrected chi connectivity index (χ3v) is 5.11. The molecule has 3 rings (SSSR count). The van der Waals surface area contributed by atoms with Gasteiger partial charge in [-0.3, -0.25) is 9.59 Å². The summed E-state index contributed by atoms with van der Waals surface area (Å²) in [6.45, 7) is 4.93. The van der Waals surface area contributed by atoms with Gasteiger partial charge in [0.05, 0.1) is 24.1 Å². The maximum absolute atomic E-state index is 12.4. The van der Waals surface area contributed by atoms with E-state index in [4.69, 9.17) is 4.74 Å². The lowest BCUT2D eigenvalue weighted by Gasteiger charge is -2.18. The normalized spacial score (nSPS) is 10.5. The Morgan fingerprint density at radius 1 is 1.00 bits per heavy atom. The summed E-state index contributed by atoms with van der Waals surface area (Å²) in [6, 6.07) is 15.1. The Balaban J connectivity index is 1.54. The maximum atomic E-state index is 12.4. The molecule has 2 amide bonds. The highest BCUT2D eigenvalue weighted by Gasteiger charge is 2.20. The van der Waals surface area contributed by atoms with E-state index in [0.717, 1.165) is 22.5 Å². The average molecular weight is 434 g/mol. The van der Waals surface area contributed by atoms with Crippen molar-refractivity contribution < 1.29 is 19.1 Å². The average Bonchev–Trinajstić information content (AvgIpc) is 3.16. The summed E-state index contributed by atoms with van der Waals surface area (Å²) < 4.78 is 6.79. The number of anilines is 1. The smallest absolute Gasteiger partial charge is 0.342 e. The highest BCUT2D eigenvalue weighted by atomic mass is 16.5. The Morgan fingerprint density at radius 2 is 1.66 bits per heavy atom. The molecule has 1 heterocycles. The zero-order valence-corrected chi connectivity index (χ0v) is 18.6. The highest BCUT2D eigenvalue weighted by molar-refractivity contribution is 5.96. The maximum Gasteiger partial charge on any atom is 0.342 e. The van der Waals surface area contributed by atoms with Gasteiger partial charge in [0, 0.05) is 12.7 Å². The van der Waals surface area contributed by atoms with E-state index in [1.165, 1.54) is 18.1 Å². The minimum Gasteiger partial charge on any atom is -0.452 e. The Labute approximate surface area is 186 Å². The topological polar surface area (TPSA) is 93.5 Å². The van der Waals surface area contributed by atoms with Gasteiger partial charge in [0.2, 0.25) is 5.91 Å². The van der Waals surface area contributed by atoms with Crippen molar-refractivity contribution in [3.63, 3.8) is 0 Å². The first-order chi connectivity index (χ1) is 15.3. The molecule has 2 aromatic carbocycles. The summed E-state index contributed by atoms with van der Waals surface area (Å²) in [5, 5.41) is 7.06. The number of rotatable bonds is 7. The molecule has 0 radical (unpaired) electrons. The largest absolute Gasteiger partial charge is 0.452 e. The van der Waals surface area contributed by atoms with Gasteiger partial charge >= 0.3 is 5.97 Å². The number of ether oxygens (including phenoxy) is 1. The summed E-state index contributed by atoms with van der Waals surface area (Å²) in [6.07, 6.45) is 1.41. The molecule has 8 heteroatoms. The van der Waals surface area contributed by atoms with Gasteiger partial charge in [-0.25, -0.2) is 9.48 Å². The van der Waals surface area contributed by atoms with E-state index >= 15 is 0 Å². The number of aryl methyl sites for hydroxylation is 2. The second-order valence-corrected chi connectivity index (χ2v) is 7.53. The van der Waals surface area contributed by atoms with Gasteiger partial charge < -0.3 is 15.0 Å². The molecule has 0 unspecified atom stereocenters. The molecular weight excluding hydrogens is 408 g/mol. The fraction of sp³-hybridized carbons (Fsp3) is 0.250. The molecule has 32 heavy (non-hydrogen) atoms. The van der Waals surface area contributed by atoms with Crippen molar-refractivity contribution in [2.24, 2.45) is 0 Å². The summed E-state index contributed by atoms with van der Waals surface area (Å²) >= 11 is 0. The van der Waals surface area contributed by atoms with Crippen LogP contribution in [-0.4, -0.2) is 52.7 Å². The van der Waals surface area contributed by atoms with Crippen LogP contribution < -0.4 is 5.32 Å². The van der Waals surface area contributed by atoms with Crippen LogP contribution in [0.4, 0.5) is 5.69 Å². The van der Waals surface area contributed by atoms with Crippen LogP contribution in [0.5, 0.6) is 0 Å². The van der Waals surface area contributed by atoms with E-state index in [-0.39, 0.29) is 18.0 Å². The minimum absolute atomic E-state index is 0.158. The number of hydrogen-bond acceptors (Lipinski definition) is 5. The lowest BCUT2D eigenvalue weighted by Crippen LogP contribution is -2.37. The van der Waals surface area contributed by atoms with Crippen molar-refractivity contribution in [1.29, 1.82) is 0 Å². The van der Waals surface area contributed by atoms with Gasteiger partial charge in [-0.1, -0.05) is 36.4 Å². The van der Waals surface area contributed by atoms with Gasteiger partial charge in [-0.15, -0.1) is 0 Å². The van der Waals surface area contributed by atoms with E-state index < -0.39 is 18.5 Å². The van der Waals surface area contributed by atoms with Crippen molar-refractivity contribution in [3.8, 4) is 5.69 Å². The van der Waals surface area contributed by atoms with E-state index in [0.29, 0.717) is 5.69 Å². The summed E-state index contributed by atoms with van der Waals surface area (Å²) in [5.74, 6) is -1.46. The van der Waals surface area contributed by atoms with E-state index in [9.17, 15) is 14.4 Å². The fourth-order valence-electron chi connectivity index (χ4n) is 3.25. The zero-order valence-electron chi connectivity index (χ0n) is 18.6. The molecule has 8 nitrogen and oxygen atoms in total. The zero-order chi connectivity index (χ0) is 23.3. The number of nitrogens with zero attached hydrogens (tertiary/aromatic N) is 3. The first-order valence-electron chi connectivity index (χ1n) is 10.1. The van der Waals surface area contributed by atoms with Crippen LogP contribution >= 0.6 is 0 Å². The standard InChI is InChI=1S/C24H26N4O4/c1-16-9-8-10-17(2)23(16)26-21(29)14-27(4)22(30)15-32-24(31)20-13-25-28(18(20)3)19-11-6-5-7-12-19/h5-13H,14-15H2,1-4H3,(H,26,29). The molecule has 0 aliphatic carbocycles. The number of hydrogen-bond donors (Lipinski definition) is 1. The first kappa shape index (κ1) is 22.7. The molecular formula is C24H26N4O4. The van der Waals surface area contributed by atoms with Crippen molar-refractivity contribution in [3.05, 3.63) is 77.1 Å². The third kappa shape index (κ3) is 5.21. The van der Waals surface area contributed by atoms with Crippen molar-refractivity contribution in [2.45, 2.75) is 20.8 Å². The van der Waals surface area contributed by atoms with Gasteiger partial charge in [-0.05, 0) is 44.0 Å². The molecule has 0 saturated heterocycles. The lowest BCUT2D eigenvalue weighted by molar-refractivity contribution is -0.136. The van der Waals surface area contributed by atoms with Crippen LogP contribution in [0, 0.1) is 20.8 Å². The predicted molar refractivity (Wildman–Crippen MR) is 121 cm³/mol. The van der Waals surface area contributed by atoms with Gasteiger partial charge in [0.1, 0.15) is 5.56 Å². The molecule has 0 spiro atoms. The summed E-state index contributed by atoms with van der Waals surface area (Å²) in [5.41, 5.74) is 4.30. The fourth-order valence-corrected chi connectivity index (χ4v) is 3.25. The molecule has 0 aliphatic heterocycles. The van der Waals surface area contributed by atoms with Crippen LogP contribution in [0.15, 0.2) is 54.7 Å². The quantitative estimate of drug-likeness (QED) is 0.577. The number of aromatic nitrogens is 2. The number of para-hydroxylation sites is 2. The number of carbonyl (C=O) groups excluding carboxylic acids is 3. The van der Waals surface area contributed by atoms with E-state index in [1.54, 1.807) is 11.6 Å². The molecule has 0 saturated carbocycles. The number of esters is 1. The molecule has 0 fully saturated rings. The third-order valence-electron chi connectivity index (χ3n) is 5.11. The predicted octanol–water partition coefficient (Wildman–Crippen LogP) is 3.05. The van der Waals surface area contributed by atoms with Crippen molar-refractivity contribution >= 4 is 23.5 Å². The van der Waals surface area contributed by atoms with Gasteiger partial charge in [-0.2, -0.15) is 5.10 Å². The molecule has 0 atom stereocenters. The molecule has 166 valence electrons. The summed E-state index contributed by atoms with van der Waals surface area (Å²) in [4.78, 5) is 38.4. The van der Waals surface area contributed by atoms with E-state index in [1.807, 2.05) is 62.4 Å². The van der Waals surface area contributed by atoms with Crippen LogP contribution in [0.3, 0.4) is 0 Å². The number of benzene rings is 2. The highest BCUT2D eigenvalue weighted by Crippen LogP contribution is 2.19. The molecule has 1 aromatic heterocycles. The monoisotopic (exact) mass is 434 g/mol.